The average molecular weight is 393 g/mol. The highest BCUT2D eigenvalue weighted by molar-refractivity contribution is 7.90. The largest absolute Gasteiger partial charge is 0.300 e. The van der Waals surface area contributed by atoms with Gasteiger partial charge in [-0.15, -0.1) is 11.3 Å². The first-order valence-corrected chi connectivity index (χ1v) is 10.5. The van der Waals surface area contributed by atoms with Crippen LogP contribution in [-0.4, -0.2) is 31.2 Å². The van der Waals surface area contributed by atoms with E-state index in [0.29, 0.717) is 17.1 Å². The first-order valence-electron chi connectivity index (χ1n) is 8.19. The van der Waals surface area contributed by atoms with E-state index in [4.69, 9.17) is 0 Å². The van der Waals surface area contributed by atoms with Crippen molar-refractivity contribution in [3.05, 3.63) is 40.9 Å². The van der Waals surface area contributed by atoms with E-state index in [9.17, 15) is 13.2 Å². The minimum atomic E-state index is -3.63. The van der Waals surface area contributed by atoms with E-state index in [-0.39, 0.29) is 22.6 Å². The van der Waals surface area contributed by atoms with Crippen molar-refractivity contribution in [1.82, 2.24) is 9.71 Å². The van der Waals surface area contributed by atoms with E-state index in [1.54, 1.807) is 24.4 Å². The summed E-state index contributed by atoms with van der Waals surface area (Å²) in [7, 11) is -3.63. The summed E-state index contributed by atoms with van der Waals surface area (Å²) in [5, 5.41) is 3.28. The molecule has 1 aliphatic rings. The Morgan fingerprint density at radius 2 is 2.08 bits per heavy atom. The number of carbonyl (C=O) groups is 1. The zero-order valence-corrected chi connectivity index (χ0v) is 16.3. The van der Waals surface area contributed by atoms with Gasteiger partial charge < -0.3 is 5.32 Å². The van der Waals surface area contributed by atoms with E-state index in [1.165, 1.54) is 17.4 Å². The van der Waals surface area contributed by atoms with Crippen molar-refractivity contribution in [1.29, 1.82) is 0 Å². The molecule has 7 nitrogen and oxygen atoms in total. The van der Waals surface area contributed by atoms with Gasteiger partial charge >= 0.3 is 0 Å². The van der Waals surface area contributed by atoms with E-state index in [1.807, 2.05) is 20.8 Å². The highest BCUT2D eigenvalue weighted by atomic mass is 32.2. The van der Waals surface area contributed by atoms with Gasteiger partial charge in [-0.05, 0) is 31.4 Å². The van der Waals surface area contributed by atoms with Crippen LogP contribution in [-0.2, 0) is 14.8 Å². The van der Waals surface area contributed by atoms with Gasteiger partial charge in [0, 0.05) is 16.6 Å². The molecule has 0 radical (unpaired) electrons. The molecule has 0 saturated carbocycles. The summed E-state index contributed by atoms with van der Waals surface area (Å²) < 4.78 is 26.9. The van der Waals surface area contributed by atoms with Crippen LogP contribution in [0.3, 0.4) is 0 Å². The molecular formula is C17H20N4O3S2. The van der Waals surface area contributed by atoms with Crippen molar-refractivity contribution in [2.45, 2.75) is 38.1 Å². The number of aryl methyl sites for hydroxylation is 1. The number of carbonyl (C=O) groups excluding carboxylic acids is 1. The molecule has 3 rings (SSSR count). The SMILES string of the molecule is Cc1cnc(NC(=O)[C@@H](CC(C)C)N=C2NS(=O)(=O)c3ccccc32)s1. The molecule has 1 atom stereocenters. The number of anilines is 1. The number of nitrogens with zero attached hydrogens (tertiary/aromatic N) is 2. The fourth-order valence-electron chi connectivity index (χ4n) is 2.65. The predicted octanol–water partition coefficient (Wildman–Crippen LogP) is 2.54. The first-order chi connectivity index (χ1) is 12.3. The second kappa shape index (κ2) is 7.16. The number of nitrogens with one attached hydrogen (secondary N) is 2. The first kappa shape index (κ1) is 18.5. The van der Waals surface area contributed by atoms with Gasteiger partial charge in [0.2, 0.25) is 0 Å². The smallest absolute Gasteiger partial charge is 0.263 e. The zero-order chi connectivity index (χ0) is 18.9. The third-order valence-corrected chi connectivity index (χ3v) is 6.02. The Balaban J connectivity index is 1.91. The van der Waals surface area contributed by atoms with Crippen molar-refractivity contribution in [2.24, 2.45) is 10.9 Å². The predicted molar refractivity (Wildman–Crippen MR) is 102 cm³/mol. The van der Waals surface area contributed by atoms with Gasteiger partial charge in [-0.2, -0.15) is 0 Å². The maximum Gasteiger partial charge on any atom is 0.263 e. The summed E-state index contributed by atoms with van der Waals surface area (Å²) in [6, 6.07) is 5.88. The maximum atomic E-state index is 12.7. The van der Waals surface area contributed by atoms with Gasteiger partial charge in [0.1, 0.15) is 11.9 Å². The van der Waals surface area contributed by atoms with Crippen LogP contribution in [0.4, 0.5) is 5.13 Å². The molecule has 9 heteroatoms. The van der Waals surface area contributed by atoms with E-state index in [0.717, 1.165) is 4.88 Å². The lowest BCUT2D eigenvalue weighted by Crippen LogP contribution is -2.31. The number of fused-ring (bicyclic) bond motifs is 1. The van der Waals surface area contributed by atoms with Crippen molar-refractivity contribution in [3.63, 3.8) is 0 Å². The number of rotatable bonds is 5. The number of aliphatic imine (C=N–C) groups is 1. The number of amidine groups is 1. The molecule has 0 saturated heterocycles. The maximum absolute atomic E-state index is 12.7. The third-order valence-electron chi connectivity index (χ3n) is 3.80. The number of sulfonamides is 1. The van der Waals surface area contributed by atoms with Crippen LogP contribution in [0.25, 0.3) is 0 Å². The molecule has 26 heavy (non-hydrogen) atoms. The van der Waals surface area contributed by atoms with Gasteiger partial charge in [0.05, 0.1) is 4.90 Å². The normalized spacial score (nSPS) is 17.8. The monoisotopic (exact) mass is 392 g/mol. The zero-order valence-electron chi connectivity index (χ0n) is 14.7. The highest BCUT2D eigenvalue weighted by Gasteiger charge is 2.32. The molecule has 0 aliphatic carbocycles. The van der Waals surface area contributed by atoms with Gasteiger partial charge in [0.25, 0.3) is 15.9 Å². The van der Waals surface area contributed by atoms with E-state index >= 15 is 0 Å². The van der Waals surface area contributed by atoms with Crippen LogP contribution in [0.5, 0.6) is 0 Å². The Labute approximate surface area is 156 Å². The molecule has 0 spiro atoms. The van der Waals surface area contributed by atoms with Crippen LogP contribution < -0.4 is 10.0 Å². The molecular weight excluding hydrogens is 372 g/mol. The molecule has 1 aromatic carbocycles. The molecule has 1 amide bonds. The molecule has 2 aromatic rings. The second-order valence-electron chi connectivity index (χ2n) is 6.49. The summed E-state index contributed by atoms with van der Waals surface area (Å²) in [5.41, 5.74) is 0.485. The Hall–Kier alpha value is -2.26. The van der Waals surface area contributed by atoms with Crippen molar-refractivity contribution >= 4 is 38.2 Å². The van der Waals surface area contributed by atoms with Crippen LogP contribution in [0, 0.1) is 12.8 Å². The number of amides is 1. The summed E-state index contributed by atoms with van der Waals surface area (Å²) in [4.78, 5) is 22.4. The van der Waals surface area contributed by atoms with Crippen molar-refractivity contribution in [3.8, 4) is 0 Å². The number of thiazole rings is 1. The van der Waals surface area contributed by atoms with Gasteiger partial charge in [-0.1, -0.05) is 26.0 Å². The molecule has 1 aliphatic heterocycles. The lowest BCUT2D eigenvalue weighted by Gasteiger charge is -2.15. The Morgan fingerprint density at radius 1 is 1.35 bits per heavy atom. The summed E-state index contributed by atoms with van der Waals surface area (Å²) in [5.74, 6) is 0.113. The summed E-state index contributed by atoms with van der Waals surface area (Å²) >= 11 is 1.38. The lowest BCUT2D eigenvalue weighted by molar-refractivity contribution is -0.117. The van der Waals surface area contributed by atoms with Crippen molar-refractivity contribution < 1.29 is 13.2 Å². The Morgan fingerprint density at radius 3 is 2.73 bits per heavy atom. The third kappa shape index (κ3) is 3.94. The highest BCUT2D eigenvalue weighted by Crippen LogP contribution is 2.24. The van der Waals surface area contributed by atoms with E-state index < -0.39 is 16.1 Å². The minimum Gasteiger partial charge on any atom is -0.300 e. The van der Waals surface area contributed by atoms with Crippen molar-refractivity contribution in [2.75, 3.05) is 5.32 Å². The van der Waals surface area contributed by atoms with Crippen LogP contribution in [0.2, 0.25) is 0 Å². The van der Waals surface area contributed by atoms with Gasteiger partial charge in [-0.3, -0.25) is 14.5 Å². The topological polar surface area (TPSA) is 101 Å². The minimum absolute atomic E-state index is 0.179. The van der Waals surface area contributed by atoms with E-state index in [2.05, 4.69) is 20.0 Å². The van der Waals surface area contributed by atoms with Crippen LogP contribution >= 0.6 is 11.3 Å². The summed E-state index contributed by atoms with van der Waals surface area (Å²) in [6.07, 6.45) is 2.18. The molecule has 0 bridgehead atoms. The standard InChI is InChI=1S/C17H20N4O3S2/c1-10(2)8-13(16(22)20-17-18-9-11(3)25-17)19-15-12-6-4-5-7-14(12)26(23,24)21-15/h4-7,9-10,13H,8H2,1-3H3,(H,19,21)(H,18,20,22)/t13-/m1/s1. The quantitative estimate of drug-likeness (QED) is 0.816. The molecule has 0 unspecified atom stereocenters. The Kier molecular flexibility index (Phi) is 5.10. The molecule has 2 heterocycles. The molecule has 2 N–H and O–H groups in total. The molecule has 1 aromatic heterocycles. The van der Waals surface area contributed by atoms with Gasteiger partial charge in [-0.25, -0.2) is 13.4 Å². The fourth-order valence-corrected chi connectivity index (χ4v) is 4.56. The average Bonchev–Trinajstić information content (AvgIpc) is 3.08. The van der Waals surface area contributed by atoms with Gasteiger partial charge in [0.15, 0.2) is 5.13 Å². The summed E-state index contributed by atoms with van der Waals surface area (Å²) in [6.45, 7) is 5.88. The number of hydrogen-bond donors (Lipinski definition) is 2. The van der Waals surface area contributed by atoms with Crippen LogP contribution in [0.1, 0.15) is 30.7 Å². The lowest BCUT2D eigenvalue weighted by atomic mass is 10.0. The molecule has 138 valence electrons. The molecule has 0 fully saturated rings. The van der Waals surface area contributed by atoms with Crippen LogP contribution in [0.15, 0.2) is 40.4 Å². The second-order valence-corrected chi connectivity index (χ2v) is 9.38. The number of aromatic nitrogens is 1. The number of hydrogen-bond acceptors (Lipinski definition) is 6. The Bertz CT molecular complexity index is 964. The fraction of sp³-hybridized carbons (Fsp3) is 0.353. The number of benzene rings is 1.